The summed E-state index contributed by atoms with van der Waals surface area (Å²) in [6.07, 6.45) is 5.62. The van der Waals surface area contributed by atoms with Crippen LogP contribution in [0.5, 0.6) is 0 Å². The van der Waals surface area contributed by atoms with E-state index in [2.05, 4.69) is 49.3 Å². The van der Waals surface area contributed by atoms with Gasteiger partial charge < -0.3 is 10.2 Å². The number of carbonyl (C=O) groups excluding carboxylic acids is 2. The molecule has 3 rings (SSSR count). The Balaban J connectivity index is 1.64. The fraction of sp³-hybridized carbons (Fsp3) is 0.440. The second kappa shape index (κ2) is 12.8. The third-order valence-corrected chi connectivity index (χ3v) is 7.84. The number of amides is 2. The molecule has 0 radical (unpaired) electrons. The zero-order valence-corrected chi connectivity index (χ0v) is 22.3. The van der Waals surface area contributed by atoms with E-state index < -0.39 is 6.04 Å². The maximum Gasteiger partial charge on any atom is 0.242 e. The molecule has 0 saturated heterocycles. The second-order valence-electron chi connectivity index (χ2n) is 8.29. The second-order valence-corrected chi connectivity index (χ2v) is 11.1. The van der Waals surface area contributed by atoms with Gasteiger partial charge in [-0.1, -0.05) is 75.4 Å². The maximum absolute atomic E-state index is 13.2. The van der Waals surface area contributed by atoms with Gasteiger partial charge in [-0.25, -0.2) is 0 Å². The minimum Gasteiger partial charge on any atom is -0.352 e. The molecule has 1 fully saturated rings. The topological polar surface area (TPSA) is 49.4 Å². The Bertz CT molecular complexity index is 884. The van der Waals surface area contributed by atoms with Crippen LogP contribution in [0.3, 0.4) is 0 Å². The first-order valence-electron chi connectivity index (χ1n) is 11.1. The Hall–Kier alpha value is -1.31. The lowest BCUT2D eigenvalue weighted by atomic mass is 9.95. The summed E-state index contributed by atoms with van der Waals surface area (Å²) in [5.74, 6) is 1.03. The standard InChI is InChI=1S/C25H30Br2N2O2S/c1-18(25(31)28-23-5-3-2-4-6-23)29(15-19-7-11-21(26)12-8-19)24(30)17-32-16-20-9-13-22(27)14-10-20/h7-14,18,23H,2-6,15-17H2,1H3,(H,28,31)/t18-/m1/s1. The van der Waals surface area contributed by atoms with E-state index in [0.717, 1.165) is 45.9 Å². The molecule has 1 N–H and O–H groups in total. The Morgan fingerprint density at radius 3 is 2.12 bits per heavy atom. The monoisotopic (exact) mass is 580 g/mol. The van der Waals surface area contributed by atoms with Crippen LogP contribution in [0.4, 0.5) is 0 Å². The molecule has 172 valence electrons. The molecule has 1 aliphatic rings. The molecule has 7 heteroatoms. The van der Waals surface area contributed by atoms with Gasteiger partial charge in [0.2, 0.25) is 11.8 Å². The molecule has 1 aliphatic carbocycles. The van der Waals surface area contributed by atoms with Crippen molar-refractivity contribution in [1.82, 2.24) is 10.2 Å². The van der Waals surface area contributed by atoms with Crippen molar-refractivity contribution in [2.45, 2.75) is 63.4 Å². The smallest absolute Gasteiger partial charge is 0.242 e. The van der Waals surface area contributed by atoms with Crippen molar-refractivity contribution < 1.29 is 9.59 Å². The lowest BCUT2D eigenvalue weighted by molar-refractivity contribution is -0.139. The van der Waals surface area contributed by atoms with Gasteiger partial charge in [0.05, 0.1) is 5.75 Å². The van der Waals surface area contributed by atoms with Gasteiger partial charge >= 0.3 is 0 Å². The van der Waals surface area contributed by atoms with Crippen LogP contribution in [0.2, 0.25) is 0 Å². The highest BCUT2D eigenvalue weighted by molar-refractivity contribution is 9.10. The van der Waals surface area contributed by atoms with Crippen molar-refractivity contribution in [3.63, 3.8) is 0 Å². The average Bonchev–Trinajstić information content (AvgIpc) is 2.80. The molecule has 1 saturated carbocycles. The number of benzene rings is 2. The highest BCUT2D eigenvalue weighted by atomic mass is 79.9. The maximum atomic E-state index is 13.2. The van der Waals surface area contributed by atoms with E-state index in [9.17, 15) is 9.59 Å². The molecule has 0 aliphatic heterocycles. The molecule has 2 amide bonds. The number of carbonyl (C=O) groups is 2. The number of hydrogen-bond acceptors (Lipinski definition) is 3. The highest BCUT2D eigenvalue weighted by Gasteiger charge is 2.28. The van der Waals surface area contributed by atoms with Crippen LogP contribution in [0.15, 0.2) is 57.5 Å². The van der Waals surface area contributed by atoms with E-state index in [1.807, 2.05) is 43.3 Å². The van der Waals surface area contributed by atoms with Crippen molar-refractivity contribution in [2.75, 3.05) is 5.75 Å². The van der Waals surface area contributed by atoms with Gasteiger partial charge in [-0.05, 0) is 55.2 Å². The Kier molecular flexibility index (Phi) is 10.1. The molecule has 2 aromatic rings. The van der Waals surface area contributed by atoms with Crippen molar-refractivity contribution >= 4 is 55.4 Å². The Labute approximate surface area is 212 Å². The Morgan fingerprint density at radius 2 is 1.53 bits per heavy atom. The van der Waals surface area contributed by atoms with Crippen LogP contribution in [-0.4, -0.2) is 34.6 Å². The predicted molar refractivity (Wildman–Crippen MR) is 139 cm³/mol. The average molecular weight is 582 g/mol. The molecule has 2 aromatic carbocycles. The molecule has 0 bridgehead atoms. The molecular weight excluding hydrogens is 552 g/mol. The first-order valence-corrected chi connectivity index (χ1v) is 13.8. The van der Waals surface area contributed by atoms with E-state index in [4.69, 9.17) is 0 Å². The van der Waals surface area contributed by atoms with Crippen molar-refractivity contribution in [3.8, 4) is 0 Å². The van der Waals surface area contributed by atoms with Gasteiger partial charge in [-0.15, -0.1) is 11.8 Å². The summed E-state index contributed by atoms with van der Waals surface area (Å²) >= 11 is 8.49. The molecule has 0 aromatic heterocycles. The molecule has 4 nitrogen and oxygen atoms in total. The van der Waals surface area contributed by atoms with Crippen LogP contribution >= 0.6 is 43.6 Å². The lowest BCUT2D eigenvalue weighted by Gasteiger charge is -2.31. The van der Waals surface area contributed by atoms with Crippen LogP contribution in [-0.2, 0) is 21.9 Å². The number of thioether (sulfide) groups is 1. The van der Waals surface area contributed by atoms with Gasteiger partial charge in [0.25, 0.3) is 0 Å². The summed E-state index contributed by atoms with van der Waals surface area (Å²) in [6.45, 7) is 2.26. The number of nitrogens with zero attached hydrogens (tertiary/aromatic N) is 1. The summed E-state index contributed by atoms with van der Waals surface area (Å²) in [4.78, 5) is 27.9. The van der Waals surface area contributed by atoms with E-state index >= 15 is 0 Å². The Morgan fingerprint density at radius 1 is 0.969 bits per heavy atom. The third kappa shape index (κ3) is 7.92. The van der Waals surface area contributed by atoms with Gasteiger partial charge in [0.15, 0.2) is 0 Å². The van der Waals surface area contributed by atoms with Crippen LogP contribution in [0.1, 0.15) is 50.2 Å². The van der Waals surface area contributed by atoms with Crippen LogP contribution < -0.4 is 5.32 Å². The van der Waals surface area contributed by atoms with Gasteiger partial charge in [-0.2, -0.15) is 0 Å². The zero-order valence-electron chi connectivity index (χ0n) is 18.4. The van der Waals surface area contributed by atoms with E-state index in [1.54, 1.807) is 16.7 Å². The molecule has 0 heterocycles. The van der Waals surface area contributed by atoms with Crippen LogP contribution in [0, 0.1) is 0 Å². The number of nitrogens with one attached hydrogen (secondary N) is 1. The van der Waals surface area contributed by atoms with E-state index in [-0.39, 0.29) is 17.9 Å². The minimum atomic E-state index is -0.513. The van der Waals surface area contributed by atoms with Crippen molar-refractivity contribution in [2.24, 2.45) is 0 Å². The third-order valence-electron chi connectivity index (χ3n) is 5.79. The molecular formula is C25H30Br2N2O2S. The first-order chi connectivity index (χ1) is 15.4. The zero-order chi connectivity index (χ0) is 22.9. The fourth-order valence-corrected chi connectivity index (χ4v) is 5.26. The summed E-state index contributed by atoms with van der Waals surface area (Å²) in [7, 11) is 0. The normalized spacial score (nSPS) is 15.2. The molecule has 0 spiro atoms. The number of hydrogen-bond donors (Lipinski definition) is 1. The van der Waals surface area contributed by atoms with Crippen molar-refractivity contribution in [1.29, 1.82) is 0 Å². The molecule has 1 atom stereocenters. The van der Waals surface area contributed by atoms with Crippen LogP contribution in [0.25, 0.3) is 0 Å². The summed E-state index contributed by atoms with van der Waals surface area (Å²) in [5, 5.41) is 3.18. The predicted octanol–water partition coefficient (Wildman–Crippen LogP) is 6.31. The lowest BCUT2D eigenvalue weighted by Crippen LogP contribution is -2.50. The number of halogens is 2. The first kappa shape index (κ1) is 25.3. The van der Waals surface area contributed by atoms with Gasteiger partial charge in [0.1, 0.15) is 6.04 Å². The number of rotatable bonds is 9. The molecule has 0 unspecified atom stereocenters. The quantitative estimate of drug-likeness (QED) is 0.377. The molecule has 32 heavy (non-hydrogen) atoms. The summed E-state index contributed by atoms with van der Waals surface area (Å²) in [5.41, 5.74) is 2.19. The summed E-state index contributed by atoms with van der Waals surface area (Å²) < 4.78 is 2.04. The minimum absolute atomic E-state index is 0.0127. The van der Waals surface area contributed by atoms with E-state index in [0.29, 0.717) is 12.3 Å². The fourth-order valence-electron chi connectivity index (χ4n) is 3.86. The van der Waals surface area contributed by atoms with Gasteiger partial charge in [-0.3, -0.25) is 9.59 Å². The SMILES string of the molecule is C[C@H](C(=O)NC1CCCCC1)N(Cc1ccc(Br)cc1)C(=O)CSCc1ccc(Br)cc1. The van der Waals surface area contributed by atoms with E-state index in [1.165, 1.54) is 12.0 Å². The van der Waals surface area contributed by atoms with Gasteiger partial charge in [0, 0.05) is 27.3 Å². The highest BCUT2D eigenvalue weighted by Crippen LogP contribution is 2.20. The largest absolute Gasteiger partial charge is 0.352 e. The summed E-state index contributed by atoms with van der Waals surface area (Å²) in [6, 6.07) is 15.8. The van der Waals surface area contributed by atoms with Crippen molar-refractivity contribution in [3.05, 3.63) is 68.6 Å².